The minimum Gasteiger partial charge on any atom is -0.315 e. The molecule has 0 aliphatic rings. The lowest BCUT2D eigenvalue weighted by atomic mass is 10.1. The van der Waals surface area contributed by atoms with Gasteiger partial charge in [0.25, 0.3) is 0 Å². The minimum absolute atomic E-state index is 0.0211. The quantitative estimate of drug-likeness (QED) is 0.630. The number of hydrogen-bond acceptors (Lipinski definition) is 1. The van der Waals surface area contributed by atoms with Crippen LogP contribution in [0, 0.1) is 11.6 Å². The molecule has 0 aliphatic heterocycles. The van der Waals surface area contributed by atoms with Gasteiger partial charge in [-0.25, -0.2) is 8.78 Å². The Balaban J connectivity index is 1.93. The maximum atomic E-state index is 13.8. The van der Waals surface area contributed by atoms with Crippen molar-refractivity contribution in [2.75, 3.05) is 0 Å². The highest BCUT2D eigenvalue weighted by atomic mass is 19.3. The van der Waals surface area contributed by atoms with Crippen molar-refractivity contribution in [2.24, 2.45) is 0 Å². The van der Waals surface area contributed by atoms with Gasteiger partial charge in [-0.2, -0.15) is 8.78 Å². The van der Waals surface area contributed by atoms with E-state index in [0.29, 0.717) is 5.56 Å². The van der Waals surface area contributed by atoms with Crippen molar-refractivity contribution < 1.29 is 22.3 Å². The van der Waals surface area contributed by atoms with Crippen LogP contribution in [0.15, 0.2) is 42.5 Å². The van der Waals surface area contributed by atoms with Gasteiger partial charge in [0, 0.05) is 0 Å². The second-order valence-electron chi connectivity index (χ2n) is 5.42. The molecule has 23 heavy (non-hydrogen) atoms. The molecule has 2 aromatic rings. The van der Waals surface area contributed by atoms with Crippen molar-refractivity contribution in [3.63, 3.8) is 0 Å². The fraction of sp³-hybridized carbons (Fsp3) is 0.333. The lowest BCUT2D eigenvalue weighted by molar-refractivity contribution is -0.244. The molecule has 0 unspecified atom stereocenters. The Morgan fingerprint density at radius 2 is 1.48 bits per heavy atom. The summed E-state index contributed by atoms with van der Waals surface area (Å²) in [6, 6.07) is 9.97. The molecule has 0 heterocycles. The van der Waals surface area contributed by atoms with Crippen LogP contribution in [0.5, 0.6) is 0 Å². The van der Waals surface area contributed by atoms with Crippen molar-refractivity contribution in [2.45, 2.75) is 38.9 Å². The van der Waals surface area contributed by atoms with Crippen LogP contribution in [0.1, 0.15) is 30.0 Å². The third-order valence-corrected chi connectivity index (χ3v) is 3.41. The van der Waals surface area contributed by atoms with Crippen LogP contribution in [0.2, 0.25) is 0 Å². The summed E-state index contributed by atoms with van der Waals surface area (Å²) in [5, 5.41) is 0. The number of aryl methyl sites for hydroxylation is 1. The third-order valence-electron chi connectivity index (χ3n) is 3.41. The molecule has 0 amide bonds. The lowest BCUT2D eigenvalue weighted by Gasteiger charge is -2.17. The summed E-state index contributed by atoms with van der Waals surface area (Å²) in [6.45, 7) is 1.82. The molecule has 0 saturated carbocycles. The van der Waals surface area contributed by atoms with Gasteiger partial charge in [-0.05, 0) is 35.2 Å². The van der Waals surface area contributed by atoms with E-state index in [1.807, 2.05) is 12.1 Å². The molecule has 0 aliphatic carbocycles. The number of rotatable bonds is 7. The molecule has 0 fully saturated rings. The summed E-state index contributed by atoms with van der Waals surface area (Å²) in [6.07, 6.45) is -2.31. The van der Waals surface area contributed by atoms with Crippen LogP contribution in [0.3, 0.4) is 0 Å². The smallest absolute Gasteiger partial charge is 0.315 e. The average Bonchev–Trinajstić information content (AvgIpc) is 2.50. The summed E-state index contributed by atoms with van der Waals surface area (Å²) in [5.74, 6) is -2.21. The van der Waals surface area contributed by atoms with E-state index in [9.17, 15) is 17.6 Å². The first-order valence-corrected chi connectivity index (χ1v) is 7.43. The van der Waals surface area contributed by atoms with Crippen molar-refractivity contribution in [1.82, 2.24) is 0 Å². The highest BCUT2D eigenvalue weighted by Crippen LogP contribution is 2.24. The monoisotopic (exact) mass is 326 g/mol. The molecule has 124 valence electrons. The number of ether oxygens (including phenoxy) is 1. The fourth-order valence-corrected chi connectivity index (χ4v) is 2.22. The van der Waals surface area contributed by atoms with Gasteiger partial charge in [-0.1, -0.05) is 43.7 Å². The Labute approximate surface area is 132 Å². The molecule has 0 aromatic heterocycles. The van der Waals surface area contributed by atoms with E-state index < -0.39 is 24.2 Å². The van der Waals surface area contributed by atoms with E-state index in [2.05, 4.69) is 11.7 Å². The molecular formula is C18H18F4O. The first kappa shape index (κ1) is 17.5. The summed E-state index contributed by atoms with van der Waals surface area (Å²) >= 11 is 0. The zero-order chi connectivity index (χ0) is 16.9. The zero-order valence-corrected chi connectivity index (χ0v) is 12.8. The first-order chi connectivity index (χ1) is 10.9. The Hall–Kier alpha value is -1.88. The predicted molar refractivity (Wildman–Crippen MR) is 80.2 cm³/mol. The molecule has 0 atom stereocenters. The number of hydrogen-bond donors (Lipinski definition) is 0. The summed E-state index contributed by atoms with van der Waals surface area (Å²) in [5.41, 5.74) is 1.76. The van der Waals surface area contributed by atoms with E-state index in [1.54, 1.807) is 12.1 Å². The van der Waals surface area contributed by atoms with Gasteiger partial charge in [-0.15, -0.1) is 0 Å². The number of benzene rings is 2. The largest absolute Gasteiger partial charge is 0.360 e. The van der Waals surface area contributed by atoms with E-state index >= 15 is 0 Å². The van der Waals surface area contributed by atoms with Gasteiger partial charge >= 0.3 is 6.11 Å². The molecule has 0 N–H and O–H groups in total. The maximum absolute atomic E-state index is 13.8. The molecule has 0 saturated heterocycles. The van der Waals surface area contributed by atoms with Crippen LogP contribution >= 0.6 is 0 Å². The Morgan fingerprint density at radius 1 is 0.870 bits per heavy atom. The van der Waals surface area contributed by atoms with E-state index in [1.165, 1.54) is 0 Å². The zero-order valence-electron chi connectivity index (χ0n) is 12.8. The molecule has 0 bridgehead atoms. The van der Waals surface area contributed by atoms with Gasteiger partial charge in [0.15, 0.2) is 11.6 Å². The Kier molecular flexibility index (Phi) is 5.77. The van der Waals surface area contributed by atoms with E-state index in [4.69, 9.17) is 0 Å². The van der Waals surface area contributed by atoms with Crippen LogP contribution in [-0.4, -0.2) is 6.11 Å². The van der Waals surface area contributed by atoms with Crippen molar-refractivity contribution >= 4 is 0 Å². The van der Waals surface area contributed by atoms with Crippen molar-refractivity contribution in [3.05, 3.63) is 70.8 Å². The topological polar surface area (TPSA) is 9.23 Å². The Bertz CT molecular complexity index is 638. The summed E-state index contributed by atoms with van der Waals surface area (Å²) in [7, 11) is 0. The Morgan fingerprint density at radius 3 is 2.09 bits per heavy atom. The van der Waals surface area contributed by atoms with Crippen LogP contribution in [0.4, 0.5) is 17.6 Å². The van der Waals surface area contributed by atoms with Crippen molar-refractivity contribution in [1.29, 1.82) is 0 Å². The second kappa shape index (κ2) is 7.59. The SMILES string of the molecule is CCCc1ccc(COC(F)(F)Cc2ccc(F)c(F)c2)cc1. The molecule has 2 aromatic carbocycles. The first-order valence-electron chi connectivity index (χ1n) is 7.43. The number of halogens is 4. The standard InChI is InChI=1S/C18H18F4O/c1-2-3-13-4-6-14(7-5-13)12-23-18(21,22)11-15-8-9-16(19)17(20)10-15/h4-10H,2-3,11-12H2,1H3. The second-order valence-corrected chi connectivity index (χ2v) is 5.42. The van der Waals surface area contributed by atoms with Crippen LogP contribution in [0.25, 0.3) is 0 Å². The van der Waals surface area contributed by atoms with Crippen LogP contribution < -0.4 is 0 Å². The molecule has 0 radical (unpaired) electrons. The molecule has 2 rings (SSSR count). The van der Waals surface area contributed by atoms with Gasteiger partial charge in [0.1, 0.15) is 0 Å². The highest BCUT2D eigenvalue weighted by molar-refractivity contribution is 5.22. The average molecular weight is 326 g/mol. The molecule has 1 nitrogen and oxygen atoms in total. The van der Waals surface area contributed by atoms with Gasteiger partial charge in [-0.3, -0.25) is 0 Å². The lowest BCUT2D eigenvalue weighted by Crippen LogP contribution is -2.24. The van der Waals surface area contributed by atoms with Gasteiger partial charge in [0.05, 0.1) is 13.0 Å². The molecular weight excluding hydrogens is 308 g/mol. The molecule has 0 spiro atoms. The number of alkyl halides is 2. The van der Waals surface area contributed by atoms with E-state index in [0.717, 1.165) is 36.6 Å². The van der Waals surface area contributed by atoms with E-state index in [-0.39, 0.29) is 12.2 Å². The van der Waals surface area contributed by atoms with Crippen molar-refractivity contribution in [3.8, 4) is 0 Å². The minimum atomic E-state index is -3.45. The summed E-state index contributed by atoms with van der Waals surface area (Å²) in [4.78, 5) is 0. The molecule has 5 heteroatoms. The normalized spacial score (nSPS) is 11.7. The third kappa shape index (κ3) is 5.36. The summed E-state index contributed by atoms with van der Waals surface area (Å²) < 4.78 is 58.1. The maximum Gasteiger partial charge on any atom is 0.360 e. The predicted octanol–water partition coefficient (Wildman–Crippen LogP) is 5.27. The van der Waals surface area contributed by atoms with Crippen LogP contribution in [-0.2, 0) is 24.2 Å². The van der Waals surface area contributed by atoms with Gasteiger partial charge < -0.3 is 4.74 Å². The highest BCUT2D eigenvalue weighted by Gasteiger charge is 2.30. The van der Waals surface area contributed by atoms with Gasteiger partial charge in [0.2, 0.25) is 0 Å². The fourth-order valence-electron chi connectivity index (χ4n) is 2.22.